The van der Waals surface area contributed by atoms with Gasteiger partial charge >= 0.3 is 0 Å². The number of carbonyl (C=O) groups excluding carboxylic acids is 1. The van der Waals surface area contributed by atoms with Gasteiger partial charge in [0.1, 0.15) is 17.1 Å². The Balaban J connectivity index is 1.59. The summed E-state index contributed by atoms with van der Waals surface area (Å²) in [6.45, 7) is 3.93. The minimum Gasteiger partial charge on any atom is -0.496 e. The maximum absolute atomic E-state index is 13.0. The minimum absolute atomic E-state index is 0.105. The number of hydrogen-bond donors (Lipinski definition) is 0. The van der Waals surface area contributed by atoms with E-state index in [1.165, 1.54) is 5.56 Å². The van der Waals surface area contributed by atoms with Gasteiger partial charge in [0.05, 0.1) is 18.2 Å². The highest BCUT2D eigenvalue weighted by atomic mass is 16.5. The molecule has 3 nitrogen and oxygen atoms in total. The molecule has 30 heavy (non-hydrogen) atoms. The molecule has 3 aromatic carbocycles. The van der Waals surface area contributed by atoms with Crippen LogP contribution >= 0.6 is 0 Å². The van der Waals surface area contributed by atoms with Gasteiger partial charge in [0.2, 0.25) is 0 Å². The van der Waals surface area contributed by atoms with Gasteiger partial charge in [-0.05, 0) is 60.9 Å². The molecule has 0 spiro atoms. The second-order valence-electron chi connectivity index (χ2n) is 7.78. The van der Waals surface area contributed by atoms with E-state index in [0.29, 0.717) is 17.1 Å². The number of fused-ring (bicyclic) bond motifs is 1. The Hall–Kier alpha value is -3.59. The van der Waals surface area contributed by atoms with Gasteiger partial charge in [0.15, 0.2) is 5.78 Å². The maximum Gasteiger partial charge on any atom is 0.189 e. The van der Waals surface area contributed by atoms with Crippen molar-refractivity contribution in [2.24, 2.45) is 0 Å². The maximum atomic E-state index is 13.0. The monoisotopic (exact) mass is 396 g/mol. The van der Waals surface area contributed by atoms with Crippen molar-refractivity contribution in [3.05, 3.63) is 95.6 Å². The Kier molecular flexibility index (Phi) is 5.28. The zero-order chi connectivity index (χ0) is 21.1. The van der Waals surface area contributed by atoms with E-state index >= 15 is 0 Å². The Morgan fingerprint density at radius 2 is 1.63 bits per heavy atom. The van der Waals surface area contributed by atoms with E-state index in [1.807, 2.05) is 62.4 Å². The van der Waals surface area contributed by atoms with Gasteiger partial charge in [0, 0.05) is 0 Å². The second kappa shape index (κ2) is 8.03. The second-order valence-corrected chi connectivity index (χ2v) is 7.78. The number of allylic oxidation sites excluding steroid dienone is 1. The number of methoxy groups -OCH3 is 1. The third kappa shape index (κ3) is 4.06. The van der Waals surface area contributed by atoms with Crippen molar-refractivity contribution in [3.63, 3.8) is 0 Å². The predicted molar refractivity (Wildman–Crippen MR) is 122 cm³/mol. The van der Waals surface area contributed by atoms with E-state index < -0.39 is 5.60 Å². The van der Waals surface area contributed by atoms with Crippen molar-refractivity contribution in [1.82, 2.24) is 0 Å². The van der Waals surface area contributed by atoms with E-state index in [4.69, 9.17) is 9.47 Å². The predicted octanol–water partition coefficient (Wildman–Crippen LogP) is 6.44. The van der Waals surface area contributed by atoms with Crippen molar-refractivity contribution < 1.29 is 14.3 Å². The fraction of sp³-hybridized carbons (Fsp3) is 0.148. The average Bonchev–Trinajstić information content (AvgIpc) is 2.77. The van der Waals surface area contributed by atoms with E-state index in [0.717, 1.165) is 16.7 Å². The van der Waals surface area contributed by atoms with Gasteiger partial charge in [-0.25, -0.2) is 0 Å². The van der Waals surface area contributed by atoms with Crippen LogP contribution in [0.4, 0.5) is 0 Å². The highest BCUT2D eigenvalue weighted by Crippen LogP contribution is 2.39. The normalized spacial score (nSPS) is 14.2. The van der Waals surface area contributed by atoms with Crippen LogP contribution < -0.4 is 9.47 Å². The Morgan fingerprint density at radius 3 is 2.33 bits per heavy atom. The molecule has 3 aromatic rings. The largest absolute Gasteiger partial charge is 0.496 e. The molecule has 0 fully saturated rings. The molecule has 1 heterocycles. The standard InChI is InChI=1S/C27H24O3/c1-27(2)18-17-23-25(29-3)16-14-22(26(23)30-27)24(28)15-11-19-9-12-21(13-10-19)20-7-5-4-6-8-20/h4-18H,1-3H3/b15-11+. The van der Waals surface area contributed by atoms with Crippen LogP contribution in [0.2, 0.25) is 0 Å². The number of ether oxygens (including phenoxy) is 2. The molecule has 0 radical (unpaired) electrons. The number of rotatable bonds is 5. The SMILES string of the molecule is COc1ccc(C(=O)/C=C/c2ccc(-c3ccccc3)cc2)c2c1C=CC(C)(C)O2. The zero-order valence-corrected chi connectivity index (χ0v) is 17.4. The van der Waals surface area contributed by atoms with Crippen molar-refractivity contribution in [1.29, 1.82) is 0 Å². The van der Waals surface area contributed by atoms with Crippen LogP contribution in [0.3, 0.4) is 0 Å². The molecular formula is C27H24O3. The first-order chi connectivity index (χ1) is 14.5. The van der Waals surface area contributed by atoms with Crippen LogP contribution in [-0.4, -0.2) is 18.5 Å². The summed E-state index contributed by atoms with van der Waals surface area (Å²) in [6, 6.07) is 21.9. The molecule has 0 aliphatic carbocycles. The molecule has 150 valence electrons. The Morgan fingerprint density at radius 1 is 0.933 bits per heavy atom. The summed E-state index contributed by atoms with van der Waals surface area (Å²) >= 11 is 0. The highest BCUT2D eigenvalue weighted by Gasteiger charge is 2.27. The molecule has 0 bridgehead atoms. The number of benzene rings is 3. The lowest BCUT2D eigenvalue weighted by Gasteiger charge is -2.29. The first-order valence-corrected chi connectivity index (χ1v) is 9.94. The van der Waals surface area contributed by atoms with Gasteiger partial charge in [-0.2, -0.15) is 0 Å². The molecule has 0 atom stereocenters. The molecule has 0 saturated heterocycles. The Bertz CT molecular complexity index is 1120. The van der Waals surface area contributed by atoms with E-state index in [9.17, 15) is 4.79 Å². The third-order valence-corrected chi connectivity index (χ3v) is 5.10. The zero-order valence-electron chi connectivity index (χ0n) is 17.4. The number of ketones is 1. The van der Waals surface area contributed by atoms with Crippen LogP contribution in [0, 0.1) is 0 Å². The number of hydrogen-bond acceptors (Lipinski definition) is 3. The van der Waals surface area contributed by atoms with Gasteiger partial charge in [-0.1, -0.05) is 60.7 Å². The summed E-state index contributed by atoms with van der Waals surface area (Å²) in [7, 11) is 1.61. The summed E-state index contributed by atoms with van der Waals surface area (Å²) in [5.74, 6) is 1.15. The fourth-order valence-corrected chi connectivity index (χ4v) is 3.48. The molecule has 4 rings (SSSR count). The van der Waals surface area contributed by atoms with Gasteiger partial charge in [-0.15, -0.1) is 0 Å². The van der Waals surface area contributed by atoms with E-state index in [2.05, 4.69) is 24.3 Å². The van der Waals surface area contributed by atoms with Crippen molar-refractivity contribution >= 4 is 17.9 Å². The van der Waals surface area contributed by atoms with Crippen LogP contribution in [0.5, 0.6) is 11.5 Å². The van der Waals surface area contributed by atoms with Crippen molar-refractivity contribution in [2.45, 2.75) is 19.4 Å². The molecule has 0 saturated carbocycles. The highest BCUT2D eigenvalue weighted by molar-refractivity contribution is 6.09. The van der Waals surface area contributed by atoms with Gasteiger partial charge < -0.3 is 9.47 Å². The molecule has 0 N–H and O–H groups in total. The summed E-state index contributed by atoms with van der Waals surface area (Å²) in [5, 5.41) is 0. The van der Waals surface area contributed by atoms with Crippen LogP contribution in [-0.2, 0) is 0 Å². The first-order valence-electron chi connectivity index (χ1n) is 9.94. The lowest BCUT2D eigenvalue weighted by Crippen LogP contribution is -2.28. The van der Waals surface area contributed by atoms with Crippen LogP contribution in [0.25, 0.3) is 23.3 Å². The first kappa shape index (κ1) is 19.7. The summed E-state index contributed by atoms with van der Waals surface area (Å²) in [4.78, 5) is 13.0. The summed E-state index contributed by atoms with van der Waals surface area (Å²) in [5.41, 5.74) is 4.12. The van der Waals surface area contributed by atoms with E-state index in [1.54, 1.807) is 25.3 Å². The fourth-order valence-electron chi connectivity index (χ4n) is 3.48. The lowest BCUT2D eigenvalue weighted by molar-refractivity contribution is 0.103. The van der Waals surface area contributed by atoms with E-state index in [-0.39, 0.29) is 5.78 Å². The van der Waals surface area contributed by atoms with Crippen molar-refractivity contribution in [2.75, 3.05) is 7.11 Å². The third-order valence-electron chi connectivity index (χ3n) is 5.10. The molecule has 0 unspecified atom stereocenters. The topological polar surface area (TPSA) is 35.5 Å². The van der Waals surface area contributed by atoms with Crippen LogP contribution in [0.1, 0.15) is 35.3 Å². The molecule has 3 heteroatoms. The molecule has 0 amide bonds. The summed E-state index contributed by atoms with van der Waals surface area (Å²) in [6.07, 6.45) is 7.35. The molecule has 1 aliphatic heterocycles. The quantitative estimate of drug-likeness (QED) is 0.368. The minimum atomic E-state index is -0.481. The van der Waals surface area contributed by atoms with Gasteiger partial charge in [0.25, 0.3) is 0 Å². The molecular weight excluding hydrogens is 372 g/mol. The van der Waals surface area contributed by atoms with Gasteiger partial charge in [-0.3, -0.25) is 4.79 Å². The molecule has 0 aromatic heterocycles. The van der Waals surface area contributed by atoms with Crippen molar-refractivity contribution in [3.8, 4) is 22.6 Å². The lowest BCUT2D eigenvalue weighted by atomic mass is 9.97. The number of carbonyl (C=O) groups is 1. The smallest absolute Gasteiger partial charge is 0.189 e. The van der Waals surface area contributed by atoms with Crippen LogP contribution in [0.15, 0.2) is 78.9 Å². The Labute approximate surface area is 177 Å². The molecule has 1 aliphatic rings. The summed E-state index contributed by atoms with van der Waals surface area (Å²) < 4.78 is 11.5. The average molecular weight is 396 g/mol.